The minimum absolute atomic E-state index is 0.0147. The summed E-state index contributed by atoms with van der Waals surface area (Å²) in [7, 11) is 0. The third kappa shape index (κ3) is 4.51. The molecule has 0 saturated carbocycles. The number of hydrogen-bond acceptors (Lipinski definition) is 4. The Bertz CT molecular complexity index is 821. The van der Waals surface area contributed by atoms with Crippen molar-refractivity contribution in [1.82, 2.24) is 14.9 Å². The zero-order valence-electron chi connectivity index (χ0n) is 14.0. The number of morpholine rings is 1. The van der Waals surface area contributed by atoms with Crippen LogP contribution in [0.5, 0.6) is 0 Å². The Labute approximate surface area is 144 Å². The maximum atomic E-state index is 13.2. The van der Waals surface area contributed by atoms with Gasteiger partial charge in [-0.25, -0.2) is 9.37 Å². The van der Waals surface area contributed by atoms with Gasteiger partial charge in [0.1, 0.15) is 17.7 Å². The van der Waals surface area contributed by atoms with Crippen LogP contribution in [0.15, 0.2) is 35.1 Å². The number of H-pyrrole nitrogens is 1. The van der Waals surface area contributed by atoms with Crippen molar-refractivity contribution >= 4 is 5.91 Å². The normalized spacial score (nSPS) is 17.5. The molecule has 1 aromatic heterocycles. The molecule has 1 aromatic carbocycles. The van der Waals surface area contributed by atoms with Crippen LogP contribution in [0.1, 0.15) is 29.6 Å². The molecule has 132 valence electrons. The lowest BCUT2D eigenvalue weighted by atomic mass is 10.1. The Kier molecular flexibility index (Phi) is 5.23. The average molecular weight is 345 g/mol. The van der Waals surface area contributed by atoms with Crippen molar-refractivity contribution in [1.29, 1.82) is 0 Å². The molecule has 3 rings (SSSR count). The summed E-state index contributed by atoms with van der Waals surface area (Å²) in [6.07, 6.45) is 0.381. The zero-order valence-corrected chi connectivity index (χ0v) is 14.0. The summed E-state index contributed by atoms with van der Waals surface area (Å²) in [6.45, 7) is 2.96. The number of carbonyl (C=O) groups excluding carboxylic acids is 1. The molecule has 25 heavy (non-hydrogen) atoms. The summed E-state index contributed by atoms with van der Waals surface area (Å²) in [6, 6.07) is 7.67. The van der Waals surface area contributed by atoms with Gasteiger partial charge in [-0.3, -0.25) is 9.59 Å². The van der Waals surface area contributed by atoms with E-state index in [9.17, 15) is 14.0 Å². The fourth-order valence-corrected chi connectivity index (χ4v) is 2.92. The van der Waals surface area contributed by atoms with Gasteiger partial charge in [-0.05, 0) is 31.0 Å². The van der Waals surface area contributed by atoms with Crippen LogP contribution in [0.2, 0.25) is 0 Å². The Morgan fingerprint density at radius 1 is 1.44 bits per heavy atom. The van der Waals surface area contributed by atoms with Gasteiger partial charge >= 0.3 is 0 Å². The number of benzene rings is 1. The summed E-state index contributed by atoms with van der Waals surface area (Å²) >= 11 is 0. The SMILES string of the molecule is Cc1nc([C@H]2CN(C(=O)CCc3cccc(F)c3)CCO2)cc(=O)[nH]1. The molecule has 0 spiro atoms. The number of halogens is 1. The van der Waals surface area contributed by atoms with Crippen LogP contribution in [0.3, 0.4) is 0 Å². The molecule has 2 aromatic rings. The molecular weight excluding hydrogens is 325 g/mol. The monoisotopic (exact) mass is 345 g/mol. The van der Waals surface area contributed by atoms with Gasteiger partial charge in [-0.2, -0.15) is 0 Å². The van der Waals surface area contributed by atoms with E-state index in [4.69, 9.17) is 4.74 Å². The van der Waals surface area contributed by atoms with Crippen LogP contribution >= 0.6 is 0 Å². The molecule has 0 aliphatic carbocycles. The van der Waals surface area contributed by atoms with E-state index in [0.717, 1.165) is 5.56 Å². The number of rotatable bonds is 4. The molecule has 1 saturated heterocycles. The van der Waals surface area contributed by atoms with Crippen LogP contribution in [0, 0.1) is 12.7 Å². The smallest absolute Gasteiger partial charge is 0.251 e. The number of nitrogens with one attached hydrogen (secondary N) is 1. The fraction of sp³-hybridized carbons (Fsp3) is 0.389. The van der Waals surface area contributed by atoms with E-state index in [2.05, 4.69) is 9.97 Å². The Morgan fingerprint density at radius 3 is 3.04 bits per heavy atom. The maximum Gasteiger partial charge on any atom is 0.251 e. The number of aryl methyl sites for hydroxylation is 2. The predicted molar refractivity (Wildman–Crippen MR) is 89.6 cm³/mol. The van der Waals surface area contributed by atoms with Gasteiger partial charge in [0.05, 0.1) is 18.8 Å². The first kappa shape index (κ1) is 17.3. The summed E-state index contributed by atoms with van der Waals surface area (Å²) in [5.41, 5.74) is 1.09. The van der Waals surface area contributed by atoms with Crippen LogP contribution in [-0.2, 0) is 16.0 Å². The molecule has 1 atom stereocenters. The van der Waals surface area contributed by atoms with Gasteiger partial charge in [0.2, 0.25) is 5.91 Å². The van der Waals surface area contributed by atoms with Crippen molar-refractivity contribution in [3.63, 3.8) is 0 Å². The molecule has 1 aliphatic heterocycles. The second-order valence-electron chi connectivity index (χ2n) is 6.08. The lowest BCUT2D eigenvalue weighted by Crippen LogP contribution is -2.42. The van der Waals surface area contributed by atoms with Crippen molar-refractivity contribution in [3.8, 4) is 0 Å². The summed E-state index contributed by atoms with van der Waals surface area (Å²) < 4.78 is 18.9. The van der Waals surface area contributed by atoms with E-state index in [-0.39, 0.29) is 17.3 Å². The third-order valence-electron chi connectivity index (χ3n) is 4.15. The van der Waals surface area contributed by atoms with Crippen molar-refractivity contribution in [3.05, 3.63) is 63.6 Å². The van der Waals surface area contributed by atoms with Gasteiger partial charge in [0.15, 0.2) is 0 Å². The van der Waals surface area contributed by atoms with Crippen LogP contribution in [-0.4, -0.2) is 40.5 Å². The molecule has 0 unspecified atom stereocenters. The van der Waals surface area contributed by atoms with E-state index in [0.29, 0.717) is 44.1 Å². The van der Waals surface area contributed by atoms with E-state index in [1.807, 2.05) is 0 Å². The first-order chi connectivity index (χ1) is 12.0. The number of carbonyl (C=O) groups is 1. The molecule has 7 heteroatoms. The average Bonchev–Trinajstić information content (AvgIpc) is 2.59. The highest BCUT2D eigenvalue weighted by atomic mass is 19.1. The molecule has 0 radical (unpaired) electrons. The van der Waals surface area contributed by atoms with Gasteiger partial charge < -0.3 is 14.6 Å². The quantitative estimate of drug-likeness (QED) is 0.916. The second-order valence-corrected chi connectivity index (χ2v) is 6.08. The van der Waals surface area contributed by atoms with E-state index >= 15 is 0 Å². The number of aromatic nitrogens is 2. The zero-order chi connectivity index (χ0) is 17.8. The molecule has 0 bridgehead atoms. The Hall–Kier alpha value is -2.54. The highest BCUT2D eigenvalue weighted by Gasteiger charge is 2.26. The first-order valence-corrected chi connectivity index (χ1v) is 8.23. The van der Waals surface area contributed by atoms with Gasteiger partial charge in [-0.15, -0.1) is 0 Å². The van der Waals surface area contributed by atoms with Gasteiger partial charge in [0, 0.05) is 19.0 Å². The lowest BCUT2D eigenvalue weighted by molar-refractivity contribution is -0.139. The number of amides is 1. The lowest BCUT2D eigenvalue weighted by Gasteiger charge is -2.32. The van der Waals surface area contributed by atoms with Crippen molar-refractivity contribution in [2.45, 2.75) is 25.9 Å². The van der Waals surface area contributed by atoms with Crippen molar-refractivity contribution in [2.75, 3.05) is 19.7 Å². The molecule has 1 fully saturated rings. The van der Waals surface area contributed by atoms with Crippen molar-refractivity contribution in [2.24, 2.45) is 0 Å². The van der Waals surface area contributed by atoms with Gasteiger partial charge in [0.25, 0.3) is 5.56 Å². The number of hydrogen-bond donors (Lipinski definition) is 1. The van der Waals surface area contributed by atoms with E-state index < -0.39 is 6.10 Å². The standard InChI is InChI=1S/C18H20FN3O3/c1-12-20-15(10-17(23)21-12)16-11-22(7-8-25-16)18(24)6-5-13-3-2-4-14(19)9-13/h2-4,9-10,16H,5-8,11H2,1H3,(H,20,21,23)/t16-/m1/s1. The van der Waals surface area contributed by atoms with E-state index in [1.54, 1.807) is 24.0 Å². The summed E-state index contributed by atoms with van der Waals surface area (Å²) in [5.74, 6) is 0.201. The Balaban J connectivity index is 1.62. The van der Waals surface area contributed by atoms with Crippen LogP contribution in [0.25, 0.3) is 0 Å². The number of aromatic amines is 1. The minimum atomic E-state index is -0.409. The molecular formula is C18H20FN3O3. The van der Waals surface area contributed by atoms with Crippen molar-refractivity contribution < 1.29 is 13.9 Å². The molecule has 1 amide bonds. The van der Waals surface area contributed by atoms with Crippen LogP contribution < -0.4 is 5.56 Å². The summed E-state index contributed by atoms with van der Waals surface area (Å²) in [5, 5.41) is 0. The molecule has 6 nitrogen and oxygen atoms in total. The van der Waals surface area contributed by atoms with Gasteiger partial charge in [-0.1, -0.05) is 12.1 Å². The fourth-order valence-electron chi connectivity index (χ4n) is 2.92. The molecule has 1 N–H and O–H groups in total. The number of ether oxygens (including phenoxy) is 1. The predicted octanol–water partition coefficient (Wildman–Crippen LogP) is 1.75. The maximum absolute atomic E-state index is 13.2. The van der Waals surface area contributed by atoms with Crippen LogP contribution in [0.4, 0.5) is 4.39 Å². The first-order valence-electron chi connectivity index (χ1n) is 8.23. The summed E-state index contributed by atoms with van der Waals surface area (Å²) in [4.78, 5) is 32.7. The molecule has 2 heterocycles. The minimum Gasteiger partial charge on any atom is -0.368 e. The largest absolute Gasteiger partial charge is 0.368 e. The Morgan fingerprint density at radius 2 is 2.28 bits per heavy atom. The molecule has 1 aliphatic rings. The topological polar surface area (TPSA) is 75.3 Å². The number of nitrogens with zero attached hydrogens (tertiary/aromatic N) is 2. The highest BCUT2D eigenvalue weighted by Crippen LogP contribution is 2.20. The second kappa shape index (κ2) is 7.57. The highest BCUT2D eigenvalue weighted by molar-refractivity contribution is 5.76. The van der Waals surface area contributed by atoms with E-state index in [1.165, 1.54) is 18.2 Å². The third-order valence-corrected chi connectivity index (χ3v) is 4.15.